The fourth-order valence-electron chi connectivity index (χ4n) is 7.23. The number of carbonyl (C=O) groups is 7. The van der Waals surface area contributed by atoms with Crippen molar-refractivity contribution < 1.29 is 62.1 Å². The molecule has 79 heavy (non-hydrogen) atoms. The summed E-state index contributed by atoms with van der Waals surface area (Å²) >= 11 is 0.963. The summed E-state index contributed by atoms with van der Waals surface area (Å²) in [6, 6.07) is 16.4. The Labute approximate surface area is 461 Å². The molecule has 2 fully saturated rings. The zero-order chi connectivity index (χ0) is 57.9. The molecule has 1 saturated carbocycles. The van der Waals surface area contributed by atoms with Crippen molar-refractivity contribution in [3.05, 3.63) is 94.8 Å². The van der Waals surface area contributed by atoms with E-state index in [0.717, 1.165) is 22.5 Å². The Morgan fingerprint density at radius 2 is 1.39 bits per heavy atom. The van der Waals surface area contributed by atoms with E-state index >= 15 is 0 Å². The largest absolute Gasteiger partial charge is 0.450 e. The lowest BCUT2D eigenvalue weighted by atomic mass is 9.98. The lowest BCUT2D eigenvalue weighted by Gasteiger charge is -2.36. The van der Waals surface area contributed by atoms with E-state index < -0.39 is 94.1 Å². The summed E-state index contributed by atoms with van der Waals surface area (Å²) in [7, 11) is 0. The number of oxime groups is 1. The molecule has 0 bridgehead atoms. The van der Waals surface area contributed by atoms with Crippen molar-refractivity contribution in [2.45, 2.75) is 162 Å². The van der Waals surface area contributed by atoms with Gasteiger partial charge < -0.3 is 49.4 Å². The van der Waals surface area contributed by atoms with Crippen molar-refractivity contribution in [1.82, 2.24) is 46.1 Å². The summed E-state index contributed by atoms with van der Waals surface area (Å²) in [6.45, 7) is 20.3. The van der Waals surface area contributed by atoms with Gasteiger partial charge in [-0.05, 0) is 101 Å². The first-order valence-electron chi connectivity index (χ1n) is 25.5. The number of nitrogens with one attached hydrogen (secondary N) is 5. The predicted octanol–water partition coefficient (Wildman–Crippen LogP) is 6.88. The predicted molar refractivity (Wildman–Crippen MR) is 289 cm³/mol. The third kappa shape index (κ3) is 19.1. The Balaban J connectivity index is 1.21. The minimum Gasteiger partial charge on any atom is -0.450 e. The second-order valence-corrected chi connectivity index (χ2v) is 23.4. The molecule has 5 N–H and O–H groups in total. The van der Waals surface area contributed by atoms with Crippen LogP contribution >= 0.6 is 11.3 Å². The van der Waals surface area contributed by atoms with Gasteiger partial charge in [0.25, 0.3) is 5.91 Å². The third-order valence-corrected chi connectivity index (χ3v) is 11.5. The number of aromatic nitrogens is 4. The summed E-state index contributed by atoms with van der Waals surface area (Å²) in [5.74, 6) is -2.41. The number of thiazole rings is 1. The Morgan fingerprint density at radius 1 is 0.810 bits per heavy atom. The highest BCUT2D eigenvalue weighted by atomic mass is 32.1. The number of benzene rings is 2. The van der Waals surface area contributed by atoms with Crippen LogP contribution in [-0.4, -0.2) is 132 Å². The summed E-state index contributed by atoms with van der Waals surface area (Å²) in [4.78, 5) is 110. The van der Waals surface area contributed by atoms with E-state index in [-0.39, 0.29) is 62.2 Å². The third-order valence-electron chi connectivity index (χ3n) is 10.8. The first-order chi connectivity index (χ1) is 36.9. The van der Waals surface area contributed by atoms with Gasteiger partial charge in [0, 0.05) is 31.3 Å². The van der Waals surface area contributed by atoms with Crippen LogP contribution in [0.25, 0.3) is 0 Å². The maximum absolute atomic E-state index is 14.3. The molecule has 1 aliphatic heterocycles. The van der Waals surface area contributed by atoms with E-state index in [0.29, 0.717) is 5.69 Å². The second kappa shape index (κ2) is 25.1. The Morgan fingerprint density at radius 3 is 1.96 bits per heavy atom. The Bertz CT molecular complexity index is 2840. The van der Waals surface area contributed by atoms with E-state index in [2.05, 4.69) is 51.9 Å². The van der Waals surface area contributed by atoms with Gasteiger partial charge in [0.15, 0.2) is 16.9 Å². The molecule has 2 aromatic heterocycles. The van der Waals surface area contributed by atoms with Crippen molar-refractivity contribution in [2.75, 3.05) is 18.4 Å². The fourth-order valence-corrected chi connectivity index (χ4v) is 7.91. The van der Waals surface area contributed by atoms with Crippen molar-refractivity contribution in [3.63, 3.8) is 0 Å². The summed E-state index contributed by atoms with van der Waals surface area (Å²) in [6.07, 6.45) is -2.02. The maximum Gasteiger partial charge on any atom is 0.437 e. The first kappa shape index (κ1) is 60.1. The monoisotopic (exact) mass is 1110 g/mol. The number of aliphatic imine (C=N–C) groups is 1. The lowest BCUT2D eigenvalue weighted by Crippen LogP contribution is -2.70. The molecule has 26 heteroatoms. The van der Waals surface area contributed by atoms with E-state index in [9.17, 15) is 33.6 Å². The Kier molecular flexibility index (Phi) is 19.1. The van der Waals surface area contributed by atoms with Gasteiger partial charge in [0.2, 0.25) is 17.5 Å². The van der Waals surface area contributed by atoms with E-state index in [1.807, 2.05) is 60.7 Å². The standard InChI is InChI=1S/C53H70N12O13S/c1-49(2,3)74-45(69)54-26-19-27-64(43(59-46(70)75-50(4,5)6)60-47(71)76-51(7,8)9)29-34-28-55-65(62-34)30-35-37(40(66)56-35)58-41(67)38(36-31-79-44(57-36)61-48(72)77-52(10,11)12)63-78-53(24-25-53)42(68)73-39(32-20-15-13-16-21-32)33-22-17-14-18-23-33/h13-18,20-23,28,31,35,37,39H,19,24-27,29-30H2,1-12H3,(H,54,69)(H,56,66)(H,58,67)(H,57,61,72)(H,59,60,70,71)/t35-,37+/m1/s1. The summed E-state index contributed by atoms with van der Waals surface area (Å²) in [5, 5.41) is 27.9. The molecule has 6 amide bonds. The van der Waals surface area contributed by atoms with Crippen molar-refractivity contribution in [3.8, 4) is 0 Å². The normalized spacial score (nSPS) is 16.3. The fraction of sp³-hybridized carbons (Fsp3) is 0.509. The average molecular weight is 1120 g/mol. The zero-order valence-corrected chi connectivity index (χ0v) is 47.3. The molecule has 2 aromatic carbocycles. The number of hydrogen-bond donors (Lipinski definition) is 5. The molecule has 0 spiro atoms. The minimum absolute atomic E-state index is 0.0542. The number of alkyl carbamates (subject to hydrolysis) is 2. The van der Waals surface area contributed by atoms with Crippen LogP contribution in [-0.2, 0) is 56.0 Å². The molecule has 1 aliphatic carbocycles. The zero-order valence-electron chi connectivity index (χ0n) is 46.5. The number of guanidine groups is 1. The number of carbonyl (C=O) groups excluding carboxylic acids is 7. The summed E-state index contributed by atoms with van der Waals surface area (Å²) < 4.78 is 27.8. The highest BCUT2D eigenvalue weighted by molar-refractivity contribution is 7.14. The van der Waals surface area contributed by atoms with Crippen molar-refractivity contribution in [1.29, 1.82) is 0 Å². The molecule has 25 nitrogen and oxygen atoms in total. The number of ether oxygens (including phenoxy) is 5. The van der Waals surface area contributed by atoms with Crippen LogP contribution in [0.2, 0.25) is 0 Å². The molecule has 2 aliphatic rings. The number of anilines is 1. The number of hydrogen-bond acceptors (Lipinski definition) is 18. The highest BCUT2D eigenvalue weighted by Crippen LogP contribution is 2.43. The first-order valence-corrected chi connectivity index (χ1v) is 26.4. The molecule has 3 heterocycles. The van der Waals surface area contributed by atoms with Crippen LogP contribution in [0.3, 0.4) is 0 Å². The molecular weight excluding hydrogens is 1040 g/mol. The van der Waals surface area contributed by atoms with Gasteiger partial charge in [0.1, 0.15) is 39.8 Å². The number of rotatable bonds is 18. The van der Waals surface area contributed by atoms with Crippen LogP contribution in [0.4, 0.5) is 24.3 Å². The number of esters is 1. The SMILES string of the molecule is CC(C)(C)OC(=O)N=C(NC(=O)OC(C)(C)C)N(CCCNC(=O)OC(C)(C)C)Cc1cnn(C[C@H]2NC(=O)[C@H]2NC(=O)C(=NOC2(C(=O)OC(c3ccccc3)c3ccccc3)CC2)c2csc(NC(=O)OC(C)(C)C)n2)n1. The van der Waals surface area contributed by atoms with Gasteiger partial charge in [-0.25, -0.2) is 29.0 Å². The van der Waals surface area contributed by atoms with Gasteiger partial charge in [-0.2, -0.15) is 15.0 Å². The maximum atomic E-state index is 14.3. The van der Waals surface area contributed by atoms with Gasteiger partial charge in [0.05, 0.1) is 25.3 Å². The molecule has 6 rings (SSSR count). The topological polar surface area (TPSA) is 307 Å². The Hall–Kier alpha value is -8.16. The molecule has 4 aromatic rings. The van der Waals surface area contributed by atoms with E-state index in [1.165, 1.54) is 21.3 Å². The minimum atomic E-state index is -1.55. The highest BCUT2D eigenvalue weighted by Gasteiger charge is 2.57. The number of β-lactam (4-membered cyclic amide) rings is 1. The van der Waals surface area contributed by atoms with E-state index in [4.69, 9.17) is 28.5 Å². The van der Waals surface area contributed by atoms with Gasteiger partial charge in [-0.15, -0.1) is 16.3 Å². The summed E-state index contributed by atoms with van der Waals surface area (Å²) in [5.41, 5.74) is -3.69. The van der Waals surface area contributed by atoms with Crippen LogP contribution in [0.1, 0.15) is 131 Å². The smallest absolute Gasteiger partial charge is 0.437 e. The number of amides is 6. The molecule has 0 radical (unpaired) electrons. The quantitative estimate of drug-likeness (QED) is 0.0129. The molecular formula is C53H70N12O13S. The average Bonchev–Trinajstić information content (AvgIpc) is 3.87. The molecule has 426 valence electrons. The van der Waals surface area contributed by atoms with E-state index in [1.54, 1.807) is 83.1 Å². The second-order valence-electron chi connectivity index (χ2n) is 22.5. The van der Waals surface area contributed by atoms with Crippen LogP contribution < -0.4 is 26.6 Å². The number of nitrogens with zero attached hydrogens (tertiary/aromatic N) is 7. The van der Waals surface area contributed by atoms with Crippen LogP contribution in [0.5, 0.6) is 0 Å². The van der Waals surface area contributed by atoms with Crippen molar-refractivity contribution in [2.24, 2.45) is 10.1 Å². The molecule has 0 unspecified atom stereocenters. The van der Waals surface area contributed by atoms with Gasteiger partial charge in [-0.1, -0.05) is 65.8 Å². The lowest BCUT2D eigenvalue weighted by molar-refractivity contribution is -0.164. The molecule has 2 atom stereocenters. The van der Waals surface area contributed by atoms with Crippen LogP contribution in [0.15, 0.2) is 82.4 Å². The van der Waals surface area contributed by atoms with Gasteiger partial charge >= 0.3 is 30.3 Å². The van der Waals surface area contributed by atoms with Crippen molar-refractivity contribution >= 4 is 70.3 Å². The van der Waals surface area contributed by atoms with Gasteiger partial charge in [-0.3, -0.25) is 20.2 Å². The molecule has 1 saturated heterocycles. The van der Waals surface area contributed by atoms with Crippen LogP contribution in [0, 0.1) is 0 Å².